The summed E-state index contributed by atoms with van der Waals surface area (Å²) in [4.78, 5) is 14.3. The molecular weight excluding hydrogens is 372 g/mol. The van der Waals surface area contributed by atoms with E-state index in [1.54, 1.807) is 29.5 Å². The number of hydrogen-bond acceptors (Lipinski definition) is 5. The molecule has 0 radical (unpaired) electrons. The highest BCUT2D eigenvalue weighted by atomic mass is 32.2. The molecule has 1 saturated heterocycles. The number of nitrogens with zero attached hydrogens (tertiary/aromatic N) is 2. The van der Waals surface area contributed by atoms with Crippen molar-refractivity contribution in [1.29, 1.82) is 0 Å². The van der Waals surface area contributed by atoms with Crippen molar-refractivity contribution in [3.63, 3.8) is 0 Å². The minimum atomic E-state index is -3.46. The van der Waals surface area contributed by atoms with Gasteiger partial charge in [0, 0.05) is 26.2 Å². The molecule has 6 nitrogen and oxygen atoms in total. The van der Waals surface area contributed by atoms with Gasteiger partial charge in [0.05, 0.1) is 13.5 Å². The van der Waals surface area contributed by atoms with E-state index >= 15 is 0 Å². The molecule has 8 heteroatoms. The Hall–Kier alpha value is -1.90. The van der Waals surface area contributed by atoms with Crippen molar-refractivity contribution in [2.75, 3.05) is 33.3 Å². The van der Waals surface area contributed by atoms with E-state index in [1.807, 2.05) is 24.3 Å². The van der Waals surface area contributed by atoms with Gasteiger partial charge in [0.15, 0.2) is 0 Å². The number of rotatable bonds is 5. The molecule has 0 unspecified atom stereocenters. The van der Waals surface area contributed by atoms with Gasteiger partial charge in [-0.15, -0.1) is 11.3 Å². The molecule has 0 spiro atoms. The summed E-state index contributed by atoms with van der Waals surface area (Å²) >= 11 is 1.22. The van der Waals surface area contributed by atoms with Crippen molar-refractivity contribution >= 4 is 27.3 Å². The van der Waals surface area contributed by atoms with Crippen molar-refractivity contribution in [3.8, 4) is 5.75 Å². The smallest absolute Gasteiger partial charge is 0.252 e. The molecule has 0 saturated carbocycles. The topological polar surface area (TPSA) is 66.9 Å². The summed E-state index contributed by atoms with van der Waals surface area (Å²) in [6.07, 6.45) is 0.945. The van der Waals surface area contributed by atoms with Gasteiger partial charge in [-0.3, -0.25) is 4.79 Å². The van der Waals surface area contributed by atoms with Crippen LogP contribution in [0.2, 0.25) is 0 Å². The Bertz CT molecular complexity index is 833. The predicted octanol–water partition coefficient (Wildman–Crippen LogP) is 2.22. The zero-order valence-electron chi connectivity index (χ0n) is 14.6. The van der Waals surface area contributed by atoms with Gasteiger partial charge in [0.2, 0.25) is 5.91 Å². The van der Waals surface area contributed by atoms with Crippen LogP contribution >= 0.6 is 11.3 Å². The van der Waals surface area contributed by atoms with Gasteiger partial charge in [-0.1, -0.05) is 18.2 Å². The molecule has 0 atom stereocenters. The van der Waals surface area contributed by atoms with Gasteiger partial charge in [-0.25, -0.2) is 8.42 Å². The molecule has 1 aromatic carbocycles. The number of sulfonamides is 1. The van der Waals surface area contributed by atoms with Crippen LogP contribution in [0.5, 0.6) is 5.75 Å². The largest absolute Gasteiger partial charge is 0.497 e. The lowest BCUT2D eigenvalue weighted by Crippen LogP contribution is -2.37. The molecule has 2 heterocycles. The molecule has 26 heavy (non-hydrogen) atoms. The summed E-state index contributed by atoms with van der Waals surface area (Å²) in [6.45, 7) is 1.76. The van der Waals surface area contributed by atoms with Crippen molar-refractivity contribution in [1.82, 2.24) is 9.21 Å². The Labute approximate surface area is 158 Å². The summed E-state index contributed by atoms with van der Waals surface area (Å²) < 4.78 is 32.3. The van der Waals surface area contributed by atoms with Crippen LogP contribution in [0.15, 0.2) is 46.0 Å². The fourth-order valence-electron chi connectivity index (χ4n) is 2.95. The maximum absolute atomic E-state index is 12.7. The third-order valence-electron chi connectivity index (χ3n) is 4.41. The van der Waals surface area contributed by atoms with Gasteiger partial charge in [0.1, 0.15) is 9.96 Å². The van der Waals surface area contributed by atoms with Crippen LogP contribution in [0.4, 0.5) is 0 Å². The number of amides is 1. The lowest BCUT2D eigenvalue weighted by Gasteiger charge is -2.21. The zero-order chi connectivity index (χ0) is 18.6. The summed E-state index contributed by atoms with van der Waals surface area (Å²) in [6, 6.07) is 10.8. The SMILES string of the molecule is COc1ccc(CC(=O)N2CCCN(S(=O)(=O)c3cccs3)CC2)cc1. The van der Waals surface area contributed by atoms with E-state index in [2.05, 4.69) is 0 Å². The normalized spacial score (nSPS) is 16.3. The second-order valence-corrected chi connectivity index (χ2v) is 9.21. The van der Waals surface area contributed by atoms with E-state index in [4.69, 9.17) is 4.74 Å². The second kappa shape index (κ2) is 8.20. The summed E-state index contributed by atoms with van der Waals surface area (Å²) in [5.74, 6) is 0.774. The number of benzene rings is 1. The number of ether oxygens (including phenoxy) is 1. The molecule has 1 aromatic heterocycles. The molecule has 2 aromatic rings. The first-order valence-corrected chi connectivity index (χ1v) is 10.8. The van der Waals surface area contributed by atoms with E-state index in [0.717, 1.165) is 11.3 Å². The molecule has 3 rings (SSSR count). The van der Waals surface area contributed by atoms with Gasteiger partial charge in [-0.05, 0) is 35.6 Å². The Morgan fingerprint density at radius 3 is 2.54 bits per heavy atom. The third-order valence-corrected chi connectivity index (χ3v) is 7.68. The Morgan fingerprint density at radius 2 is 1.88 bits per heavy atom. The summed E-state index contributed by atoms with van der Waals surface area (Å²) in [5.41, 5.74) is 0.920. The number of methoxy groups -OCH3 is 1. The molecule has 0 bridgehead atoms. The molecular formula is C18H22N2O4S2. The maximum Gasteiger partial charge on any atom is 0.252 e. The maximum atomic E-state index is 12.7. The van der Waals surface area contributed by atoms with Crippen LogP contribution < -0.4 is 4.74 Å². The highest BCUT2D eigenvalue weighted by Gasteiger charge is 2.28. The molecule has 1 aliphatic heterocycles. The van der Waals surface area contributed by atoms with Gasteiger partial charge >= 0.3 is 0 Å². The Morgan fingerprint density at radius 1 is 1.12 bits per heavy atom. The average Bonchev–Trinajstić information content (AvgIpc) is 3.07. The fourth-order valence-corrected chi connectivity index (χ4v) is 5.57. The van der Waals surface area contributed by atoms with E-state index in [-0.39, 0.29) is 5.91 Å². The van der Waals surface area contributed by atoms with E-state index in [1.165, 1.54) is 15.6 Å². The van der Waals surface area contributed by atoms with Crippen molar-refractivity contribution in [2.45, 2.75) is 17.1 Å². The monoisotopic (exact) mass is 394 g/mol. The third kappa shape index (κ3) is 4.25. The van der Waals surface area contributed by atoms with Crippen LogP contribution in [0.25, 0.3) is 0 Å². The van der Waals surface area contributed by atoms with Gasteiger partial charge in [0.25, 0.3) is 10.0 Å². The van der Waals surface area contributed by atoms with Crippen molar-refractivity contribution in [2.24, 2.45) is 0 Å². The lowest BCUT2D eigenvalue weighted by molar-refractivity contribution is -0.130. The summed E-state index contributed by atoms with van der Waals surface area (Å²) in [7, 11) is -1.85. The van der Waals surface area contributed by atoms with E-state index < -0.39 is 10.0 Å². The van der Waals surface area contributed by atoms with Crippen LogP contribution in [-0.2, 0) is 21.2 Å². The zero-order valence-corrected chi connectivity index (χ0v) is 16.3. The first-order chi connectivity index (χ1) is 12.5. The number of carbonyl (C=O) groups is 1. The average molecular weight is 395 g/mol. The number of carbonyl (C=O) groups excluding carboxylic acids is 1. The van der Waals surface area contributed by atoms with Crippen LogP contribution in [0.1, 0.15) is 12.0 Å². The molecule has 1 fully saturated rings. The van der Waals surface area contributed by atoms with Crippen molar-refractivity contribution in [3.05, 3.63) is 47.3 Å². The van der Waals surface area contributed by atoms with Crippen LogP contribution in [0.3, 0.4) is 0 Å². The van der Waals surface area contributed by atoms with E-state index in [0.29, 0.717) is 43.2 Å². The van der Waals surface area contributed by atoms with Gasteiger partial charge in [-0.2, -0.15) is 4.31 Å². The number of hydrogen-bond donors (Lipinski definition) is 0. The molecule has 1 amide bonds. The first-order valence-electron chi connectivity index (χ1n) is 8.45. The molecule has 0 N–H and O–H groups in total. The highest BCUT2D eigenvalue weighted by molar-refractivity contribution is 7.91. The van der Waals surface area contributed by atoms with Crippen LogP contribution in [-0.4, -0.2) is 56.8 Å². The Balaban J connectivity index is 1.61. The minimum Gasteiger partial charge on any atom is -0.497 e. The van der Waals surface area contributed by atoms with E-state index in [9.17, 15) is 13.2 Å². The lowest BCUT2D eigenvalue weighted by atomic mass is 10.1. The van der Waals surface area contributed by atoms with Crippen molar-refractivity contribution < 1.29 is 17.9 Å². The first kappa shape index (κ1) is 18.9. The standard InChI is InChI=1S/C18H22N2O4S2/c1-24-16-7-5-15(6-8-16)14-17(21)19-9-3-10-20(12-11-19)26(22,23)18-4-2-13-25-18/h2,4-8,13H,3,9-12,14H2,1H3. The molecule has 140 valence electrons. The predicted molar refractivity (Wildman–Crippen MR) is 101 cm³/mol. The summed E-state index contributed by atoms with van der Waals surface area (Å²) in [5, 5.41) is 1.76. The quantitative estimate of drug-likeness (QED) is 0.780. The van der Waals surface area contributed by atoms with Gasteiger partial charge < -0.3 is 9.64 Å². The molecule has 1 aliphatic rings. The highest BCUT2D eigenvalue weighted by Crippen LogP contribution is 2.22. The van der Waals surface area contributed by atoms with Crippen LogP contribution in [0, 0.1) is 0 Å². The minimum absolute atomic E-state index is 0.0190. The Kier molecular flexibility index (Phi) is 5.95. The fraction of sp³-hybridized carbons (Fsp3) is 0.389. The second-order valence-electron chi connectivity index (χ2n) is 6.10. The molecule has 0 aliphatic carbocycles. The number of thiophene rings is 1.